The Morgan fingerprint density at radius 2 is 1.97 bits per heavy atom. The normalized spacial score (nSPS) is 12.2. The minimum absolute atomic E-state index is 0. The number of ether oxygens (including phenoxy) is 2. The zero-order chi connectivity index (χ0) is 23.3. The molecular formula is C23H29N7O4. The zero-order valence-corrected chi connectivity index (χ0v) is 18.3. The van der Waals surface area contributed by atoms with E-state index in [1.165, 1.54) is 6.39 Å². The number of carbonyl (C=O) groups is 1. The van der Waals surface area contributed by atoms with Crippen LogP contribution in [0.25, 0.3) is 5.65 Å². The van der Waals surface area contributed by atoms with Gasteiger partial charge in [0.1, 0.15) is 6.04 Å². The van der Waals surface area contributed by atoms with Crippen molar-refractivity contribution in [1.82, 2.24) is 30.1 Å². The molecule has 34 heavy (non-hydrogen) atoms. The van der Waals surface area contributed by atoms with Crippen LogP contribution >= 0.6 is 0 Å². The molecule has 3 aromatic heterocycles. The zero-order valence-electron chi connectivity index (χ0n) is 18.3. The van der Waals surface area contributed by atoms with Gasteiger partial charge in [0.2, 0.25) is 23.8 Å². The molecule has 0 radical (unpaired) electrons. The number of nitrogens with two attached hydrogens (primary N) is 1. The Kier molecular flexibility index (Phi) is 7.92. The van der Waals surface area contributed by atoms with Crippen LogP contribution in [0.3, 0.4) is 0 Å². The number of nitrogens with one attached hydrogen (secondary N) is 1. The fraction of sp³-hybridized carbons (Fsp3) is 0.348. The van der Waals surface area contributed by atoms with Gasteiger partial charge in [-0.15, -0.1) is 10.2 Å². The Balaban J connectivity index is 0.00000324. The molecule has 180 valence electrons. The Hall–Kier alpha value is -3.83. The molecule has 0 saturated carbocycles. The highest BCUT2D eigenvalue weighted by molar-refractivity contribution is 5.85. The molecule has 3 N–H and O–H groups in total. The third kappa shape index (κ3) is 5.94. The molecule has 0 aliphatic heterocycles. The van der Waals surface area contributed by atoms with E-state index in [9.17, 15) is 4.79 Å². The maximum atomic E-state index is 12.6. The fourth-order valence-electron chi connectivity index (χ4n) is 3.05. The van der Waals surface area contributed by atoms with Crippen LogP contribution < -0.4 is 15.8 Å². The van der Waals surface area contributed by atoms with E-state index in [4.69, 9.17) is 19.7 Å². The molecule has 0 aliphatic rings. The highest BCUT2D eigenvalue weighted by Crippen LogP contribution is 2.22. The van der Waals surface area contributed by atoms with Gasteiger partial charge in [-0.1, -0.05) is 42.9 Å². The van der Waals surface area contributed by atoms with Gasteiger partial charge in [-0.2, -0.15) is 4.98 Å². The molecular weight excluding hydrogens is 438 g/mol. The second-order valence-corrected chi connectivity index (χ2v) is 8.01. The molecule has 0 aliphatic carbocycles. The summed E-state index contributed by atoms with van der Waals surface area (Å²) in [6, 6.07) is 12.7. The van der Waals surface area contributed by atoms with Gasteiger partial charge >= 0.3 is 0 Å². The van der Waals surface area contributed by atoms with Crippen molar-refractivity contribution in [3.05, 3.63) is 72.3 Å². The number of hydrogen-bond donors (Lipinski definition) is 2. The number of pyridine rings is 1. The number of carbonyl (C=O) groups excluding carboxylic acids is 1. The van der Waals surface area contributed by atoms with Crippen molar-refractivity contribution >= 4 is 11.6 Å². The molecule has 1 amide bonds. The van der Waals surface area contributed by atoms with Gasteiger partial charge in [0.15, 0.2) is 18.2 Å². The predicted molar refractivity (Wildman–Crippen MR) is 124 cm³/mol. The Bertz CT molecular complexity index is 1190. The summed E-state index contributed by atoms with van der Waals surface area (Å²) in [5.41, 5.74) is 6.41. The molecule has 0 spiro atoms. The van der Waals surface area contributed by atoms with E-state index in [2.05, 4.69) is 25.7 Å². The molecule has 0 unspecified atom stereocenters. The number of amides is 1. The SMILES string of the molecule is C.CC(C)(N)C(=O)N[C@H](COCc1ccccc1)c1nnc2c(OCc3ncon3)cccn12. The lowest BCUT2D eigenvalue weighted by Gasteiger charge is -2.23. The summed E-state index contributed by atoms with van der Waals surface area (Å²) < 4.78 is 18.1. The van der Waals surface area contributed by atoms with Gasteiger partial charge in [0.25, 0.3) is 0 Å². The minimum Gasteiger partial charge on any atom is -0.481 e. The molecule has 4 aromatic rings. The largest absolute Gasteiger partial charge is 0.481 e. The molecule has 0 bridgehead atoms. The molecule has 3 heterocycles. The van der Waals surface area contributed by atoms with Crippen molar-refractivity contribution in [3.8, 4) is 5.75 Å². The van der Waals surface area contributed by atoms with Gasteiger partial charge in [-0.3, -0.25) is 9.20 Å². The fourth-order valence-corrected chi connectivity index (χ4v) is 3.05. The van der Waals surface area contributed by atoms with Crippen molar-refractivity contribution in [2.45, 2.75) is 46.1 Å². The Morgan fingerprint density at radius 1 is 1.18 bits per heavy atom. The average Bonchev–Trinajstić information content (AvgIpc) is 3.47. The number of aromatic nitrogens is 5. The Morgan fingerprint density at radius 3 is 2.68 bits per heavy atom. The Labute approximate surface area is 197 Å². The number of nitrogens with zero attached hydrogens (tertiary/aromatic N) is 5. The van der Waals surface area contributed by atoms with E-state index < -0.39 is 11.6 Å². The van der Waals surface area contributed by atoms with E-state index in [-0.39, 0.29) is 26.5 Å². The topological polar surface area (TPSA) is 143 Å². The molecule has 0 saturated heterocycles. The van der Waals surface area contributed by atoms with Crippen LogP contribution in [-0.4, -0.2) is 42.8 Å². The van der Waals surface area contributed by atoms with Gasteiger partial charge in [-0.05, 0) is 31.5 Å². The van der Waals surface area contributed by atoms with Crippen LogP contribution in [0.2, 0.25) is 0 Å². The van der Waals surface area contributed by atoms with Crippen molar-refractivity contribution in [2.75, 3.05) is 6.61 Å². The van der Waals surface area contributed by atoms with Crippen LogP contribution in [0.4, 0.5) is 0 Å². The van der Waals surface area contributed by atoms with E-state index in [1.54, 1.807) is 36.6 Å². The third-order valence-electron chi connectivity index (χ3n) is 4.79. The summed E-state index contributed by atoms with van der Waals surface area (Å²) >= 11 is 0. The van der Waals surface area contributed by atoms with E-state index in [0.717, 1.165) is 5.56 Å². The van der Waals surface area contributed by atoms with Crippen molar-refractivity contribution in [3.63, 3.8) is 0 Å². The lowest BCUT2D eigenvalue weighted by molar-refractivity contribution is -0.126. The first-order chi connectivity index (χ1) is 15.9. The standard InChI is InChI=1S/C22H25N7O4.CH4/c1-22(2,23)21(30)25-16(12-31-11-15-7-4-3-5-8-15)19-26-27-20-17(9-6-10-29(19)20)32-13-18-24-14-33-28-18;/h3-10,14,16H,11-13,23H2,1-2H3,(H,25,30);1H4/t16-;/m1./s1. The van der Waals surface area contributed by atoms with Crippen LogP contribution in [-0.2, 0) is 22.7 Å². The summed E-state index contributed by atoms with van der Waals surface area (Å²) in [5, 5.41) is 15.2. The maximum Gasteiger partial charge on any atom is 0.240 e. The van der Waals surface area contributed by atoms with Crippen LogP contribution in [0.5, 0.6) is 5.75 Å². The van der Waals surface area contributed by atoms with E-state index in [1.807, 2.05) is 30.3 Å². The van der Waals surface area contributed by atoms with Crippen LogP contribution in [0, 0.1) is 0 Å². The number of rotatable bonds is 10. The third-order valence-corrected chi connectivity index (χ3v) is 4.79. The maximum absolute atomic E-state index is 12.6. The highest BCUT2D eigenvalue weighted by Gasteiger charge is 2.28. The molecule has 11 heteroatoms. The smallest absolute Gasteiger partial charge is 0.240 e. The van der Waals surface area contributed by atoms with Gasteiger partial charge < -0.3 is 25.0 Å². The highest BCUT2D eigenvalue weighted by atomic mass is 16.5. The van der Waals surface area contributed by atoms with E-state index in [0.29, 0.717) is 29.7 Å². The van der Waals surface area contributed by atoms with Gasteiger partial charge in [0.05, 0.1) is 18.8 Å². The molecule has 11 nitrogen and oxygen atoms in total. The summed E-state index contributed by atoms with van der Waals surface area (Å²) in [7, 11) is 0. The van der Waals surface area contributed by atoms with Crippen LogP contribution in [0.15, 0.2) is 59.6 Å². The number of hydrogen-bond acceptors (Lipinski definition) is 9. The molecule has 4 rings (SSSR count). The van der Waals surface area contributed by atoms with Gasteiger partial charge in [0, 0.05) is 6.20 Å². The first kappa shape index (κ1) is 24.8. The second-order valence-electron chi connectivity index (χ2n) is 8.01. The molecule has 0 fully saturated rings. The minimum atomic E-state index is -1.07. The first-order valence-electron chi connectivity index (χ1n) is 10.3. The summed E-state index contributed by atoms with van der Waals surface area (Å²) in [5.74, 6) is 1.04. The average molecular weight is 468 g/mol. The van der Waals surface area contributed by atoms with Gasteiger partial charge in [-0.25, -0.2) is 0 Å². The summed E-state index contributed by atoms with van der Waals surface area (Å²) in [6.07, 6.45) is 3.02. The van der Waals surface area contributed by atoms with E-state index >= 15 is 0 Å². The summed E-state index contributed by atoms with van der Waals surface area (Å²) in [4.78, 5) is 16.6. The summed E-state index contributed by atoms with van der Waals surface area (Å²) in [6.45, 7) is 3.94. The van der Waals surface area contributed by atoms with Crippen molar-refractivity contribution < 1.29 is 18.8 Å². The second kappa shape index (κ2) is 10.9. The molecule has 1 aromatic carbocycles. The number of benzene rings is 1. The van der Waals surface area contributed by atoms with Crippen molar-refractivity contribution in [1.29, 1.82) is 0 Å². The monoisotopic (exact) mass is 467 g/mol. The molecule has 1 atom stereocenters. The lowest BCUT2D eigenvalue weighted by Crippen LogP contribution is -2.50. The predicted octanol–water partition coefficient (Wildman–Crippen LogP) is 2.44. The quantitative estimate of drug-likeness (QED) is 0.359. The van der Waals surface area contributed by atoms with Crippen LogP contribution in [0.1, 0.15) is 44.5 Å². The van der Waals surface area contributed by atoms with Crippen molar-refractivity contribution in [2.24, 2.45) is 5.73 Å². The first-order valence-corrected chi connectivity index (χ1v) is 10.3. The lowest BCUT2D eigenvalue weighted by atomic mass is 10.1. The number of fused-ring (bicyclic) bond motifs is 1.